The van der Waals surface area contributed by atoms with Crippen LogP contribution < -0.4 is 4.31 Å². The number of aromatic nitrogens is 2. The number of hydrogen-bond donors (Lipinski definition) is 1. The topological polar surface area (TPSA) is 61.6 Å². The van der Waals surface area contributed by atoms with Crippen molar-refractivity contribution < 1.29 is 8.76 Å². The number of nitrogens with zero attached hydrogens (tertiary/aromatic N) is 4. The Hall–Kier alpha value is -1.70. The van der Waals surface area contributed by atoms with E-state index in [1.807, 2.05) is 33.0 Å². The summed E-state index contributed by atoms with van der Waals surface area (Å²) in [5.41, 5.74) is 3.54. The van der Waals surface area contributed by atoms with E-state index in [2.05, 4.69) is 24.1 Å². The van der Waals surface area contributed by atoms with Gasteiger partial charge in [0.05, 0.1) is 18.4 Å². The second-order valence-corrected chi connectivity index (χ2v) is 10.1. The van der Waals surface area contributed by atoms with Gasteiger partial charge < -0.3 is 4.90 Å². The number of rotatable bonds is 11. The third kappa shape index (κ3) is 6.14. The van der Waals surface area contributed by atoms with Gasteiger partial charge in [0.15, 0.2) is 0 Å². The monoisotopic (exact) mass is 421 g/mol. The molecule has 1 heterocycles. The largest absolute Gasteiger partial charge is 0.348 e. The van der Waals surface area contributed by atoms with E-state index in [0.29, 0.717) is 10.6 Å². The molecule has 2 aromatic rings. The van der Waals surface area contributed by atoms with Crippen LogP contribution in [0.4, 0.5) is 5.69 Å². The quantitative estimate of drug-likeness (QED) is 0.429. The summed E-state index contributed by atoms with van der Waals surface area (Å²) >= 11 is 0. The van der Waals surface area contributed by atoms with Crippen LogP contribution >= 0.6 is 0 Å². The third-order valence-corrected chi connectivity index (χ3v) is 7.27. The molecule has 0 bridgehead atoms. The van der Waals surface area contributed by atoms with Crippen molar-refractivity contribution in [3.8, 4) is 0 Å². The molecule has 162 valence electrons. The first-order chi connectivity index (χ1) is 13.6. The van der Waals surface area contributed by atoms with Crippen molar-refractivity contribution in [1.82, 2.24) is 14.7 Å². The summed E-state index contributed by atoms with van der Waals surface area (Å²) in [6.45, 7) is 4.93. The van der Waals surface area contributed by atoms with Gasteiger partial charge in [-0.3, -0.25) is 4.68 Å². The molecule has 1 atom stereocenters. The maximum absolute atomic E-state index is 13.2. The molecule has 0 aliphatic rings. The molecule has 0 saturated carbocycles. The molecule has 29 heavy (non-hydrogen) atoms. The van der Waals surface area contributed by atoms with Crippen LogP contribution in [0.3, 0.4) is 0 Å². The fourth-order valence-corrected chi connectivity index (χ4v) is 4.94. The minimum Gasteiger partial charge on any atom is -0.309 e. The average molecular weight is 422 g/mol. The van der Waals surface area contributed by atoms with Gasteiger partial charge in [-0.1, -0.05) is 31.4 Å². The highest BCUT2D eigenvalue weighted by atomic mass is 32.3. The summed E-state index contributed by atoms with van der Waals surface area (Å²) in [5.74, 6) is 0. The minimum atomic E-state index is -3.36. The van der Waals surface area contributed by atoms with Gasteiger partial charge >= 0.3 is 10.4 Å². The van der Waals surface area contributed by atoms with E-state index in [9.17, 15) is 8.76 Å². The molecule has 0 amide bonds. The van der Waals surface area contributed by atoms with Crippen molar-refractivity contribution in [1.29, 1.82) is 0 Å². The van der Waals surface area contributed by atoms with Crippen molar-refractivity contribution in [2.24, 2.45) is 7.05 Å². The van der Waals surface area contributed by atoms with E-state index in [1.54, 1.807) is 23.9 Å². The van der Waals surface area contributed by atoms with Crippen LogP contribution in [0, 0.1) is 13.8 Å². The molecular formula is C22H37N4O2S+. The minimum absolute atomic E-state index is 0.426. The van der Waals surface area contributed by atoms with Gasteiger partial charge in [-0.05, 0) is 75.7 Å². The number of aryl methyl sites for hydroxylation is 3. The molecule has 0 aliphatic heterocycles. The van der Waals surface area contributed by atoms with Gasteiger partial charge in [-0.25, -0.2) is 0 Å². The Morgan fingerprint density at radius 2 is 1.59 bits per heavy atom. The average Bonchev–Trinajstić information content (AvgIpc) is 2.92. The first-order valence-electron chi connectivity index (χ1n) is 10.4. The van der Waals surface area contributed by atoms with Crippen LogP contribution in [0.25, 0.3) is 0 Å². The Labute approximate surface area is 177 Å². The van der Waals surface area contributed by atoms with Crippen molar-refractivity contribution in [2.45, 2.75) is 57.3 Å². The Morgan fingerprint density at radius 3 is 2.14 bits per heavy atom. The normalized spacial score (nSPS) is 13.7. The van der Waals surface area contributed by atoms with Crippen LogP contribution in [-0.2, 0) is 28.1 Å². The molecule has 1 aromatic carbocycles. The first-order valence-corrected chi connectivity index (χ1v) is 11.9. The molecule has 1 aromatic heterocycles. The fraction of sp³-hybridized carbons (Fsp3) is 0.591. The molecule has 1 unspecified atom stereocenters. The number of unbranched alkanes of at least 4 members (excludes halogenated alkanes) is 4. The summed E-state index contributed by atoms with van der Waals surface area (Å²) in [6.07, 6.45) is 7.21. The lowest BCUT2D eigenvalue weighted by Gasteiger charge is -2.17. The van der Waals surface area contributed by atoms with E-state index >= 15 is 0 Å². The van der Waals surface area contributed by atoms with Gasteiger partial charge in [0.25, 0.3) is 0 Å². The molecule has 2 rings (SSSR count). The summed E-state index contributed by atoms with van der Waals surface area (Å²) in [6, 6.07) is 7.53. The lowest BCUT2D eigenvalue weighted by molar-refractivity contribution is 0.389. The standard InChI is InChI=1S/C22H36N4O2S/c1-18-22(19(2)25(5)23-18)26(6)29(27,28)21-15-13-20(14-16-21)12-10-8-7-9-11-17-24(3)4/h13-16H,7-12,17H2,1-6H3/p+1. The fourth-order valence-electron chi connectivity index (χ4n) is 3.62. The van der Waals surface area contributed by atoms with Crippen LogP contribution in [0.2, 0.25) is 0 Å². The SMILES string of the molecule is Cc1nn(C)c(C)c1N(C)[S+](=O)(O)c1ccc(CCCCCCCN(C)C)cc1. The van der Waals surface area contributed by atoms with Crippen LogP contribution in [-0.4, -0.2) is 46.9 Å². The lowest BCUT2D eigenvalue weighted by Crippen LogP contribution is -2.33. The van der Waals surface area contributed by atoms with E-state index in [4.69, 9.17) is 0 Å². The second-order valence-electron chi connectivity index (χ2n) is 8.10. The van der Waals surface area contributed by atoms with Crippen molar-refractivity contribution >= 4 is 16.1 Å². The molecular weight excluding hydrogens is 384 g/mol. The number of benzene rings is 1. The van der Waals surface area contributed by atoms with E-state index in [1.165, 1.54) is 35.6 Å². The Bertz CT molecular complexity index is 830. The van der Waals surface area contributed by atoms with Gasteiger partial charge in [0.2, 0.25) is 4.90 Å². The first kappa shape index (κ1) is 23.6. The van der Waals surface area contributed by atoms with E-state index < -0.39 is 10.4 Å². The highest BCUT2D eigenvalue weighted by Gasteiger charge is 2.38. The van der Waals surface area contributed by atoms with Crippen LogP contribution in [0.1, 0.15) is 49.1 Å². The maximum atomic E-state index is 13.2. The molecule has 7 heteroatoms. The summed E-state index contributed by atoms with van der Waals surface area (Å²) in [4.78, 5) is 2.66. The highest BCUT2D eigenvalue weighted by Crippen LogP contribution is 2.31. The smallest absolute Gasteiger partial charge is 0.309 e. The molecule has 0 radical (unpaired) electrons. The Kier molecular flexibility index (Phi) is 8.43. The summed E-state index contributed by atoms with van der Waals surface area (Å²) < 4.78 is 27.2. The van der Waals surface area contributed by atoms with Crippen LogP contribution in [0.15, 0.2) is 29.2 Å². The van der Waals surface area contributed by atoms with Crippen molar-refractivity contribution in [3.63, 3.8) is 0 Å². The molecule has 6 nitrogen and oxygen atoms in total. The predicted octanol–water partition coefficient (Wildman–Crippen LogP) is 4.47. The van der Waals surface area contributed by atoms with Crippen molar-refractivity contribution in [3.05, 3.63) is 41.2 Å². The van der Waals surface area contributed by atoms with E-state index in [-0.39, 0.29) is 0 Å². The molecule has 0 aliphatic carbocycles. The maximum Gasteiger partial charge on any atom is 0.348 e. The van der Waals surface area contributed by atoms with Crippen molar-refractivity contribution in [2.75, 3.05) is 32.0 Å². The molecule has 0 spiro atoms. The van der Waals surface area contributed by atoms with Gasteiger partial charge in [0, 0.05) is 7.05 Å². The predicted molar refractivity (Wildman–Crippen MR) is 122 cm³/mol. The second kappa shape index (κ2) is 10.4. The third-order valence-electron chi connectivity index (χ3n) is 5.46. The molecule has 0 saturated heterocycles. The number of hydrogen-bond acceptors (Lipinski definition) is 3. The number of anilines is 1. The lowest BCUT2D eigenvalue weighted by atomic mass is 10.1. The summed E-state index contributed by atoms with van der Waals surface area (Å²) in [5, 5.41) is 4.36. The van der Waals surface area contributed by atoms with Gasteiger partial charge in [0.1, 0.15) is 5.69 Å². The Morgan fingerprint density at radius 1 is 1.00 bits per heavy atom. The zero-order chi connectivity index (χ0) is 21.6. The zero-order valence-corrected chi connectivity index (χ0v) is 19.6. The van der Waals surface area contributed by atoms with E-state index in [0.717, 1.165) is 30.8 Å². The van der Waals surface area contributed by atoms with Gasteiger partial charge in [-0.15, -0.1) is 0 Å². The Balaban J connectivity index is 1.92. The van der Waals surface area contributed by atoms with Gasteiger partial charge in [-0.2, -0.15) is 14.0 Å². The zero-order valence-electron chi connectivity index (χ0n) is 18.8. The van der Waals surface area contributed by atoms with Crippen LogP contribution in [0.5, 0.6) is 0 Å². The molecule has 0 fully saturated rings. The molecule has 1 N–H and O–H groups in total. The summed E-state index contributed by atoms with van der Waals surface area (Å²) in [7, 11) is 4.37. The highest BCUT2D eigenvalue weighted by molar-refractivity contribution is 7.99.